The van der Waals surface area contributed by atoms with E-state index in [0.29, 0.717) is 31.4 Å². The maximum atomic E-state index is 7.92. The van der Waals surface area contributed by atoms with Crippen LogP contribution in [0.4, 0.5) is 0 Å². The molecular weight excluding hydrogens is 220 g/mol. The van der Waals surface area contributed by atoms with Crippen LogP contribution in [0.2, 0.25) is 0 Å². The van der Waals surface area contributed by atoms with Crippen molar-refractivity contribution in [3.63, 3.8) is 0 Å². The predicted octanol–water partition coefficient (Wildman–Crippen LogP) is 1.17. The quantitative estimate of drug-likeness (QED) is 0.806. The van der Waals surface area contributed by atoms with Gasteiger partial charge in [-0.15, -0.1) is 0 Å². The number of benzene rings is 1. The Kier molecular flexibility index (Phi) is 2.31. The molecule has 90 valence electrons. The van der Waals surface area contributed by atoms with Crippen molar-refractivity contribution in [1.82, 2.24) is 5.32 Å². The van der Waals surface area contributed by atoms with Crippen molar-refractivity contribution in [3.8, 4) is 5.75 Å². The first-order chi connectivity index (χ1) is 8.27. The molecule has 2 aliphatic rings. The van der Waals surface area contributed by atoms with Gasteiger partial charge in [-0.25, -0.2) is 0 Å². The first kappa shape index (κ1) is 10.6. The zero-order chi connectivity index (χ0) is 11.9. The van der Waals surface area contributed by atoms with E-state index in [1.54, 1.807) is 0 Å². The van der Waals surface area contributed by atoms with Gasteiger partial charge in [0.05, 0.1) is 25.4 Å². The number of nitrogens with one attached hydrogen (secondary N) is 2. The second kappa shape index (κ2) is 3.72. The minimum absolute atomic E-state index is 0.309. The van der Waals surface area contributed by atoms with Gasteiger partial charge in [0.2, 0.25) is 0 Å². The predicted molar refractivity (Wildman–Crippen MR) is 61.2 cm³/mol. The lowest BCUT2D eigenvalue weighted by molar-refractivity contribution is -0.174. The minimum Gasteiger partial charge on any atom is -0.493 e. The monoisotopic (exact) mass is 234 g/mol. The standard InChI is InChI=1S/C12H14N2O3/c1-2-15-9-5-3-4-8-10(9)12(14-11(8)13)16-6-7-17-12/h3-5H,2,6-7H2,1H3,(H2,13,14). The van der Waals surface area contributed by atoms with Gasteiger partial charge in [-0.3, -0.25) is 5.41 Å². The van der Waals surface area contributed by atoms with Crippen LogP contribution in [0.5, 0.6) is 5.75 Å². The number of hydrogen-bond acceptors (Lipinski definition) is 4. The highest BCUT2D eigenvalue weighted by atomic mass is 16.8. The first-order valence-corrected chi connectivity index (χ1v) is 5.68. The fourth-order valence-corrected chi connectivity index (χ4v) is 2.28. The maximum absolute atomic E-state index is 7.92. The molecule has 3 rings (SSSR count). The summed E-state index contributed by atoms with van der Waals surface area (Å²) in [4.78, 5) is 0. The zero-order valence-corrected chi connectivity index (χ0v) is 9.58. The lowest BCUT2D eigenvalue weighted by atomic mass is 10.1. The molecule has 0 unspecified atom stereocenters. The lowest BCUT2D eigenvalue weighted by Gasteiger charge is -2.24. The van der Waals surface area contributed by atoms with Crippen LogP contribution in [0.15, 0.2) is 18.2 Å². The maximum Gasteiger partial charge on any atom is 0.283 e. The molecular formula is C12H14N2O3. The largest absolute Gasteiger partial charge is 0.493 e. The van der Waals surface area contributed by atoms with Crippen molar-refractivity contribution in [2.45, 2.75) is 12.8 Å². The summed E-state index contributed by atoms with van der Waals surface area (Å²) in [6.45, 7) is 3.52. The van der Waals surface area contributed by atoms with Gasteiger partial charge in [-0.1, -0.05) is 12.1 Å². The fraction of sp³-hybridized carbons (Fsp3) is 0.417. The SMILES string of the molecule is CCOc1cccc2c1C1(NC2=N)OCCO1. The molecule has 0 atom stereocenters. The Bertz CT molecular complexity index is 467. The zero-order valence-electron chi connectivity index (χ0n) is 9.58. The van der Waals surface area contributed by atoms with Gasteiger partial charge in [0.1, 0.15) is 11.6 Å². The van der Waals surface area contributed by atoms with Crippen LogP contribution in [-0.2, 0) is 15.4 Å². The third-order valence-electron chi connectivity index (χ3n) is 2.91. The summed E-state index contributed by atoms with van der Waals surface area (Å²) in [5.74, 6) is 0.00292. The Morgan fingerprint density at radius 2 is 2.18 bits per heavy atom. The average molecular weight is 234 g/mol. The van der Waals surface area contributed by atoms with Crippen LogP contribution in [0.1, 0.15) is 18.1 Å². The molecule has 1 fully saturated rings. The van der Waals surface area contributed by atoms with Crippen molar-refractivity contribution in [1.29, 1.82) is 5.41 Å². The fourth-order valence-electron chi connectivity index (χ4n) is 2.28. The summed E-state index contributed by atoms with van der Waals surface area (Å²) < 4.78 is 16.8. The van der Waals surface area contributed by atoms with Crippen molar-refractivity contribution >= 4 is 5.84 Å². The van der Waals surface area contributed by atoms with E-state index in [1.165, 1.54) is 0 Å². The third-order valence-corrected chi connectivity index (χ3v) is 2.91. The Balaban J connectivity index is 2.15. The Morgan fingerprint density at radius 1 is 1.41 bits per heavy atom. The second-order valence-corrected chi connectivity index (χ2v) is 3.93. The third kappa shape index (κ3) is 1.43. The summed E-state index contributed by atoms with van der Waals surface area (Å²) in [5.41, 5.74) is 1.56. The molecule has 0 bridgehead atoms. The van der Waals surface area contributed by atoms with Crippen LogP contribution >= 0.6 is 0 Å². The molecule has 5 heteroatoms. The normalized spacial score (nSPS) is 20.4. The van der Waals surface area contributed by atoms with Crippen LogP contribution in [0.25, 0.3) is 0 Å². The van der Waals surface area contributed by atoms with Gasteiger partial charge < -0.3 is 19.5 Å². The molecule has 5 nitrogen and oxygen atoms in total. The van der Waals surface area contributed by atoms with Gasteiger partial charge >= 0.3 is 0 Å². The molecule has 2 N–H and O–H groups in total. The van der Waals surface area contributed by atoms with Crippen molar-refractivity contribution in [3.05, 3.63) is 29.3 Å². The topological polar surface area (TPSA) is 63.6 Å². The average Bonchev–Trinajstić information content (AvgIpc) is 2.88. The van der Waals surface area contributed by atoms with E-state index >= 15 is 0 Å². The first-order valence-electron chi connectivity index (χ1n) is 5.68. The Morgan fingerprint density at radius 3 is 2.88 bits per heavy atom. The number of fused-ring (bicyclic) bond motifs is 2. The molecule has 2 aliphatic heterocycles. The van der Waals surface area contributed by atoms with Crippen LogP contribution in [0, 0.1) is 5.41 Å². The number of rotatable bonds is 2. The summed E-state index contributed by atoms with van der Waals surface area (Å²) in [5, 5.41) is 10.9. The van der Waals surface area contributed by atoms with Gasteiger partial charge in [-0.05, 0) is 13.0 Å². The molecule has 1 aromatic carbocycles. The lowest BCUT2D eigenvalue weighted by Crippen LogP contribution is -2.40. The van der Waals surface area contributed by atoms with Crippen LogP contribution in [-0.4, -0.2) is 25.7 Å². The van der Waals surface area contributed by atoms with Crippen LogP contribution in [0.3, 0.4) is 0 Å². The van der Waals surface area contributed by atoms with Crippen molar-refractivity contribution in [2.24, 2.45) is 0 Å². The summed E-state index contributed by atoms with van der Waals surface area (Å²) in [6, 6.07) is 5.61. The highest BCUT2D eigenvalue weighted by Crippen LogP contribution is 2.41. The Hall–Kier alpha value is -1.59. The molecule has 0 saturated carbocycles. The van der Waals surface area contributed by atoms with Crippen LogP contribution < -0.4 is 10.1 Å². The summed E-state index contributed by atoms with van der Waals surface area (Å²) >= 11 is 0. The van der Waals surface area contributed by atoms with E-state index in [-0.39, 0.29) is 0 Å². The van der Waals surface area contributed by atoms with Crippen molar-refractivity contribution < 1.29 is 14.2 Å². The van der Waals surface area contributed by atoms with E-state index in [9.17, 15) is 0 Å². The molecule has 0 amide bonds. The van der Waals surface area contributed by atoms with Crippen molar-refractivity contribution in [2.75, 3.05) is 19.8 Å². The van der Waals surface area contributed by atoms with E-state index < -0.39 is 5.91 Å². The highest BCUT2D eigenvalue weighted by molar-refractivity contribution is 6.02. The summed E-state index contributed by atoms with van der Waals surface area (Å²) in [6.07, 6.45) is 0. The molecule has 17 heavy (non-hydrogen) atoms. The van der Waals surface area contributed by atoms with E-state index in [2.05, 4.69) is 5.32 Å². The van der Waals surface area contributed by atoms with Gasteiger partial charge in [0, 0.05) is 5.56 Å². The van der Waals surface area contributed by atoms with Gasteiger partial charge in [-0.2, -0.15) is 0 Å². The number of ether oxygens (including phenoxy) is 3. The summed E-state index contributed by atoms with van der Waals surface area (Å²) in [7, 11) is 0. The van der Waals surface area contributed by atoms with Gasteiger partial charge in [0.15, 0.2) is 0 Å². The number of hydrogen-bond donors (Lipinski definition) is 2. The molecule has 1 spiro atoms. The molecule has 0 aromatic heterocycles. The Labute approximate surface area is 99.2 Å². The molecule has 2 heterocycles. The smallest absolute Gasteiger partial charge is 0.283 e. The van der Waals surface area contributed by atoms with Gasteiger partial charge in [0.25, 0.3) is 5.91 Å². The molecule has 0 aliphatic carbocycles. The molecule has 1 saturated heterocycles. The minimum atomic E-state index is -1.02. The molecule has 1 aromatic rings. The van der Waals surface area contributed by atoms with E-state index in [4.69, 9.17) is 19.6 Å². The van der Waals surface area contributed by atoms with E-state index in [0.717, 1.165) is 11.1 Å². The highest BCUT2D eigenvalue weighted by Gasteiger charge is 2.49. The van der Waals surface area contributed by atoms with E-state index in [1.807, 2.05) is 25.1 Å². The molecule has 0 radical (unpaired) electrons. The second-order valence-electron chi connectivity index (χ2n) is 3.93. The number of amidine groups is 1.